The second-order valence-electron chi connectivity index (χ2n) is 5.63. The highest BCUT2D eigenvalue weighted by molar-refractivity contribution is 6.01. The molecule has 1 amide bonds. The highest BCUT2D eigenvalue weighted by Crippen LogP contribution is 2.16. The molecule has 0 heterocycles. The Kier molecular flexibility index (Phi) is 6.49. The highest BCUT2D eigenvalue weighted by Gasteiger charge is 2.20. The van der Waals surface area contributed by atoms with E-state index in [4.69, 9.17) is 9.47 Å². The van der Waals surface area contributed by atoms with Crippen LogP contribution in [0.5, 0.6) is 5.75 Å². The lowest BCUT2D eigenvalue weighted by Crippen LogP contribution is -2.24. The van der Waals surface area contributed by atoms with E-state index in [1.165, 1.54) is 26.0 Å². The third-order valence-corrected chi connectivity index (χ3v) is 3.54. The number of esters is 1. The molecule has 0 aliphatic carbocycles. The van der Waals surface area contributed by atoms with Gasteiger partial charge >= 0.3 is 5.97 Å². The Morgan fingerprint density at radius 3 is 2.08 bits per heavy atom. The van der Waals surface area contributed by atoms with Crippen LogP contribution in [-0.2, 0) is 9.53 Å². The molecule has 2 aromatic rings. The first-order chi connectivity index (χ1) is 12.4. The zero-order valence-corrected chi connectivity index (χ0v) is 14.9. The second-order valence-corrected chi connectivity index (χ2v) is 5.63. The van der Waals surface area contributed by atoms with Crippen molar-refractivity contribution >= 4 is 23.3 Å². The molecular weight excluding hydrogens is 334 g/mol. The van der Waals surface area contributed by atoms with E-state index in [2.05, 4.69) is 5.32 Å². The molecule has 136 valence electrons. The topological polar surface area (TPSA) is 81.7 Å². The summed E-state index contributed by atoms with van der Waals surface area (Å²) in [5.41, 5.74) is 1.31. The summed E-state index contributed by atoms with van der Waals surface area (Å²) in [7, 11) is 0. The lowest BCUT2D eigenvalue weighted by Gasteiger charge is -2.13. The number of rotatable bonds is 7. The number of ketones is 1. The number of ether oxygens (including phenoxy) is 2. The molecule has 0 unspecified atom stereocenters. The maximum atomic E-state index is 12.4. The fraction of sp³-hybridized carbons (Fsp3) is 0.250. The predicted molar refractivity (Wildman–Crippen MR) is 97.6 cm³/mol. The van der Waals surface area contributed by atoms with Crippen molar-refractivity contribution in [1.82, 2.24) is 0 Å². The van der Waals surface area contributed by atoms with Crippen LogP contribution >= 0.6 is 0 Å². The van der Waals surface area contributed by atoms with Gasteiger partial charge in [-0.2, -0.15) is 0 Å². The molecule has 0 aliphatic rings. The second kappa shape index (κ2) is 8.80. The molecule has 6 heteroatoms. The Morgan fingerprint density at radius 1 is 0.962 bits per heavy atom. The van der Waals surface area contributed by atoms with Crippen LogP contribution in [0.4, 0.5) is 5.69 Å². The van der Waals surface area contributed by atoms with Crippen LogP contribution in [0.2, 0.25) is 0 Å². The van der Waals surface area contributed by atoms with Gasteiger partial charge in [-0.25, -0.2) is 4.79 Å². The third kappa shape index (κ3) is 5.17. The van der Waals surface area contributed by atoms with Gasteiger partial charge in [0, 0.05) is 18.2 Å². The number of hydrogen-bond acceptors (Lipinski definition) is 5. The van der Waals surface area contributed by atoms with Crippen LogP contribution < -0.4 is 10.1 Å². The van der Waals surface area contributed by atoms with E-state index >= 15 is 0 Å². The van der Waals surface area contributed by atoms with Gasteiger partial charge in [-0.15, -0.1) is 0 Å². The largest absolute Gasteiger partial charge is 0.494 e. The number of Topliss-reactive ketones (excluding diaryl/α,β-unsaturated/α-hetero) is 1. The molecular formula is C20H21NO5. The lowest BCUT2D eigenvalue weighted by molar-refractivity contribution is -0.114. The number of carbonyl (C=O) groups excluding carboxylic acids is 3. The zero-order chi connectivity index (χ0) is 19.1. The number of nitrogens with one attached hydrogen (secondary N) is 1. The number of hydrogen-bond donors (Lipinski definition) is 1. The molecule has 0 saturated carbocycles. The standard InChI is InChI=1S/C20H21NO5/c1-4-25-18-11-7-15(8-12-18)19(23)13(2)26-20(24)16-5-9-17(10-6-16)21-14(3)22/h5-13H,4H2,1-3H3,(H,21,22)/t13-/m1/s1. The van der Waals surface area contributed by atoms with Crippen molar-refractivity contribution in [3.63, 3.8) is 0 Å². The van der Waals surface area contributed by atoms with Gasteiger partial charge in [0.25, 0.3) is 0 Å². The quantitative estimate of drug-likeness (QED) is 0.607. The third-order valence-electron chi connectivity index (χ3n) is 3.54. The van der Waals surface area contributed by atoms with E-state index in [1.54, 1.807) is 36.4 Å². The molecule has 2 aromatic carbocycles. The van der Waals surface area contributed by atoms with Crippen LogP contribution in [0.15, 0.2) is 48.5 Å². The average Bonchev–Trinajstić information content (AvgIpc) is 2.62. The molecule has 0 aliphatic heterocycles. The van der Waals surface area contributed by atoms with Gasteiger partial charge in [0.05, 0.1) is 12.2 Å². The van der Waals surface area contributed by atoms with Gasteiger partial charge in [-0.3, -0.25) is 9.59 Å². The van der Waals surface area contributed by atoms with E-state index in [0.29, 0.717) is 29.2 Å². The lowest BCUT2D eigenvalue weighted by atomic mass is 10.1. The van der Waals surface area contributed by atoms with Gasteiger partial charge in [-0.05, 0) is 62.4 Å². The fourth-order valence-corrected chi connectivity index (χ4v) is 2.29. The van der Waals surface area contributed by atoms with Gasteiger partial charge in [-0.1, -0.05) is 0 Å². The highest BCUT2D eigenvalue weighted by atomic mass is 16.5. The summed E-state index contributed by atoms with van der Waals surface area (Å²) in [6, 6.07) is 12.9. The van der Waals surface area contributed by atoms with Crippen LogP contribution in [0, 0.1) is 0 Å². The molecule has 26 heavy (non-hydrogen) atoms. The van der Waals surface area contributed by atoms with Crippen molar-refractivity contribution in [1.29, 1.82) is 0 Å². The number of carbonyl (C=O) groups is 3. The van der Waals surface area contributed by atoms with E-state index in [-0.39, 0.29) is 11.7 Å². The van der Waals surface area contributed by atoms with E-state index in [9.17, 15) is 14.4 Å². The van der Waals surface area contributed by atoms with Crippen molar-refractivity contribution < 1.29 is 23.9 Å². The zero-order valence-electron chi connectivity index (χ0n) is 14.9. The maximum Gasteiger partial charge on any atom is 0.338 e. The first-order valence-electron chi connectivity index (χ1n) is 8.26. The smallest absolute Gasteiger partial charge is 0.338 e. The summed E-state index contributed by atoms with van der Waals surface area (Å²) >= 11 is 0. The summed E-state index contributed by atoms with van der Waals surface area (Å²) < 4.78 is 10.6. The van der Waals surface area contributed by atoms with Crippen molar-refractivity contribution in [3.8, 4) is 5.75 Å². The molecule has 0 fully saturated rings. The number of anilines is 1. The minimum absolute atomic E-state index is 0.199. The Morgan fingerprint density at radius 2 is 1.54 bits per heavy atom. The van der Waals surface area contributed by atoms with Crippen LogP contribution in [-0.4, -0.2) is 30.4 Å². The Bertz CT molecular complexity index is 781. The molecule has 0 saturated heterocycles. The molecule has 0 spiro atoms. The number of benzene rings is 2. The van der Waals surface area contributed by atoms with Crippen molar-refractivity contribution in [3.05, 3.63) is 59.7 Å². The molecule has 2 rings (SSSR count). The van der Waals surface area contributed by atoms with Crippen molar-refractivity contribution in [2.45, 2.75) is 26.9 Å². The minimum atomic E-state index is -0.921. The Hall–Kier alpha value is -3.15. The molecule has 0 radical (unpaired) electrons. The van der Waals surface area contributed by atoms with Crippen LogP contribution in [0.25, 0.3) is 0 Å². The average molecular weight is 355 g/mol. The molecule has 1 atom stereocenters. The van der Waals surface area contributed by atoms with E-state index < -0.39 is 12.1 Å². The molecule has 0 bridgehead atoms. The summed E-state index contributed by atoms with van der Waals surface area (Å²) in [6.45, 7) is 5.35. The van der Waals surface area contributed by atoms with Gasteiger partial charge < -0.3 is 14.8 Å². The van der Waals surface area contributed by atoms with Gasteiger partial charge in [0.15, 0.2) is 6.10 Å². The Balaban J connectivity index is 1.99. The first-order valence-corrected chi connectivity index (χ1v) is 8.26. The normalized spacial score (nSPS) is 11.3. The molecule has 6 nitrogen and oxygen atoms in total. The van der Waals surface area contributed by atoms with Gasteiger partial charge in [0.1, 0.15) is 5.75 Å². The summed E-state index contributed by atoms with van der Waals surface area (Å²) in [5, 5.41) is 2.61. The monoisotopic (exact) mass is 355 g/mol. The summed E-state index contributed by atoms with van der Waals surface area (Å²) in [5.74, 6) is -0.426. The fourth-order valence-electron chi connectivity index (χ4n) is 2.29. The predicted octanol–water partition coefficient (Wildman–Crippen LogP) is 3.47. The molecule has 0 aromatic heterocycles. The maximum absolute atomic E-state index is 12.4. The first kappa shape index (κ1) is 19.2. The SMILES string of the molecule is CCOc1ccc(C(=O)[C@@H](C)OC(=O)c2ccc(NC(C)=O)cc2)cc1. The van der Waals surface area contributed by atoms with Crippen LogP contribution in [0.3, 0.4) is 0 Å². The van der Waals surface area contributed by atoms with E-state index in [1.807, 2.05) is 6.92 Å². The Labute approximate surface area is 152 Å². The van der Waals surface area contributed by atoms with Gasteiger partial charge in [0.2, 0.25) is 11.7 Å². The van der Waals surface area contributed by atoms with E-state index in [0.717, 1.165) is 0 Å². The van der Waals surface area contributed by atoms with Crippen molar-refractivity contribution in [2.75, 3.05) is 11.9 Å². The minimum Gasteiger partial charge on any atom is -0.494 e. The molecule has 1 N–H and O–H groups in total. The number of amides is 1. The summed E-state index contributed by atoms with van der Waals surface area (Å²) in [6.07, 6.45) is -0.921. The van der Waals surface area contributed by atoms with Crippen molar-refractivity contribution in [2.24, 2.45) is 0 Å². The summed E-state index contributed by atoms with van der Waals surface area (Å²) in [4.78, 5) is 35.6. The van der Waals surface area contributed by atoms with Crippen LogP contribution in [0.1, 0.15) is 41.5 Å².